The number of hydrogen-bond acceptors (Lipinski definition) is 2. The normalized spacial score (nSPS) is 46.7. The van der Waals surface area contributed by atoms with E-state index in [0.29, 0.717) is 11.8 Å². The highest BCUT2D eigenvalue weighted by molar-refractivity contribution is 5.11. The summed E-state index contributed by atoms with van der Waals surface area (Å²) in [6.07, 6.45) is 3.50. The van der Waals surface area contributed by atoms with Crippen molar-refractivity contribution in [3.63, 3.8) is 0 Å². The fourth-order valence-electron chi connectivity index (χ4n) is 2.66. The van der Waals surface area contributed by atoms with Gasteiger partial charge in [-0.2, -0.15) is 10.5 Å². The van der Waals surface area contributed by atoms with E-state index in [2.05, 4.69) is 12.1 Å². The molecule has 0 spiro atoms. The molecule has 11 heavy (non-hydrogen) atoms. The third-order valence-electron chi connectivity index (χ3n) is 3.21. The first kappa shape index (κ1) is 6.68. The van der Waals surface area contributed by atoms with Crippen LogP contribution in [0, 0.1) is 46.3 Å². The lowest BCUT2D eigenvalue weighted by Crippen LogP contribution is -2.19. The maximum Gasteiger partial charge on any atom is 0.0672 e. The number of nitriles is 2. The minimum Gasteiger partial charge on any atom is -0.198 e. The highest BCUT2D eigenvalue weighted by Crippen LogP contribution is 2.51. The summed E-state index contributed by atoms with van der Waals surface area (Å²) in [6, 6.07) is 4.55. The number of hydrogen-bond donors (Lipinski definition) is 0. The minimum atomic E-state index is 0.0544. The van der Waals surface area contributed by atoms with E-state index in [-0.39, 0.29) is 11.8 Å². The van der Waals surface area contributed by atoms with Crippen LogP contribution in [0.15, 0.2) is 0 Å². The van der Waals surface area contributed by atoms with Gasteiger partial charge in [0.05, 0.1) is 24.0 Å². The van der Waals surface area contributed by atoms with Crippen LogP contribution in [0.1, 0.15) is 19.3 Å². The molecule has 2 bridgehead atoms. The Bertz CT molecular complexity index is 219. The van der Waals surface area contributed by atoms with E-state index < -0.39 is 0 Å². The molecule has 2 aliphatic carbocycles. The molecule has 2 fully saturated rings. The van der Waals surface area contributed by atoms with Crippen LogP contribution in [0.2, 0.25) is 0 Å². The molecule has 0 aromatic heterocycles. The zero-order valence-corrected chi connectivity index (χ0v) is 6.33. The number of nitrogens with zero attached hydrogens (tertiary/aromatic N) is 2. The molecule has 0 N–H and O–H groups in total. The molecular weight excluding hydrogens is 136 g/mol. The Kier molecular flexibility index (Phi) is 1.36. The van der Waals surface area contributed by atoms with Gasteiger partial charge in [0.25, 0.3) is 0 Å². The molecule has 2 nitrogen and oxygen atoms in total. The fourth-order valence-corrected chi connectivity index (χ4v) is 2.66. The summed E-state index contributed by atoms with van der Waals surface area (Å²) in [5, 5.41) is 17.6. The molecule has 0 aromatic rings. The second-order valence-corrected chi connectivity index (χ2v) is 3.64. The molecule has 0 saturated heterocycles. The molecule has 0 radical (unpaired) electrons. The van der Waals surface area contributed by atoms with E-state index in [1.165, 1.54) is 12.8 Å². The molecule has 2 aliphatic rings. The van der Waals surface area contributed by atoms with Crippen LogP contribution in [-0.4, -0.2) is 0 Å². The van der Waals surface area contributed by atoms with Gasteiger partial charge in [-0.1, -0.05) is 0 Å². The maximum atomic E-state index is 8.79. The van der Waals surface area contributed by atoms with Gasteiger partial charge in [0, 0.05) is 0 Å². The van der Waals surface area contributed by atoms with Crippen molar-refractivity contribution < 1.29 is 0 Å². The van der Waals surface area contributed by atoms with E-state index in [1.54, 1.807) is 0 Å². The van der Waals surface area contributed by atoms with E-state index in [4.69, 9.17) is 10.5 Å². The number of fused-ring (bicyclic) bond motifs is 2. The number of rotatable bonds is 0. The van der Waals surface area contributed by atoms with Crippen molar-refractivity contribution in [1.29, 1.82) is 10.5 Å². The Labute approximate surface area is 66.4 Å². The highest BCUT2D eigenvalue weighted by atomic mass is 14.5. The van der Waals surface area contributed by atoms with Crippen LogP contribution in [0.5, 0.6) is 0 Å². The van der Waals surface area contributed by atoms with E-state index in [9.17, 15) is 0 Å². The first-order valence-electron chi connectivity index (χ1n) is 4.16. The van der Waals surface area contributed by atoms with Crippen LogP contribution in [0.3, 0.4) is 0 Å². The fraction of sp³-hybridized carbons (Fsp3) is 0.778. The van der Waals surface area contributed by atoms with Gasteiger partial charge in [0.15, 0.2) is 0 Å². The Morgan fingerprint density at radius 2 is 1.36 bits per heavy atom. The Morgan fingerprint density at radius 3 is 1.73 bits per heavy atom. The molecule has 2 rings (SSSR count). The minimum absolute atomic E-state index is 0.0544. The SMILES string of the molecule is N#C[C@@H]1[C@H]2CC[C@H](C2)[C@@H]1C#N. The third kappa shape index (κ3) is 0.761. The van der Waals surface area contributed by atoms with Crippen molar-refractivity contribution in [3.05, 3.63) is 0 Å². The average Bonchev–Trinajstić information content (AvgIpc) is 2.60. The smallest absolute Gasteiger partial charge is 0.0672 e. The van der Waals surface area contributed by atoms with E-state index >= 15 is 0 Å². The molecule has 2 saturated carbocycles. The summed E-state index contributed by atoms with van der Waals surface area (Å²) in [4.78, 5) is 0. The van der Waals surface area contributed by atoms with Gasteiger partial charge in [-0.3, -0.25) is 0 Å². The highest BCUT2D eigenvalue weighted by Gasteiger charge is 2.47. The zero-order valence-electron chi connectivity index (χ0n) is 6.33. The predicted octanol–water partition coefficient (Wildman–Crippen LogP) is 1.70. The van der Waals surface area contributed by atoms with Gasteiger partial charge >= 0.3 is 0 Å². The van der Waals surface area contributed by atoms with Crippen molar-refractivity contribution in [2.75, 3.05) is 0 Å². The molecule has 0 heterocycles. The molecule has 0 aromatic carbocycles. The summed E-state index contributed by atoms with van der Waals surface area (Å²) < 4.78 is 0. The van der Waals surface area contributed by atoms with Crippen molar-refractivity contribution in [2.45, 2.75) is 19.3 Å². The van der Waals surface area contributed by atoms with Crippen molar-refractivity contribution in [2.24, 2.45) is 23.7 Å². The molecular formula is C9H10N2. The standard InChI is InChI=1S/C9H10N2/c10-4-8-6-1-2-7(3-6)9(8)5-11/h6-9H,1-3H2/t6-,7+,8+,9-. The lowest BCUT2D eigenvalue weighted by molar-refractivity contribution is 0.332. The van der Waals surface area contributed by atoms with E-state index in [0.717, 1.165) is 6.42 Å². The molecule has 4 atom stereocenters. The lowest BCUT2D eigenvalue weighted by atomic mass is 9.81. The first-order valence-corrected chi connectivity index (χ1v) is 4.16. The Morgan fingerprint density at radius 1 is 0.909 bits per heavy atom. The van der Waals surface area contributed by atoms with Crippen LogP contribution in [0.25, 0.3) is 0 Å². The summed E-state index contributed by atoms with van der Waals surface area (Å²) in [5.74, 6) is 1.21. The van der Waals surface area contributed by atoms with Gasteiger partial charge in [0.1, 0.15) is 0 Å². The topological polar surface area (TPSA) is 47.6 Å². The van der Waals surface area contributed by atoms with Crippen molar-refractivity contribution >= 4 is 0 Å². The van der Waals surface area contributed by atoms with Gasteiger partial charge in [-0.25, -0.2) is 0 Å². The molecule has 56 valence electrons. The second-order valence-electron chi connectivity index (χ2n) is 3.64. The predicted molar refractivity (Wildman–Crippen MR) is 39.0 cm³/mol. The van der Waals surface area contributed by atoms with Crippen LogP contribution in [-0.2, 0) is 0 Å². The second kappa shape index (κ2) is 2.24. The zero-order chi connectivity index (χ0) is 7.84. The largest absolute Gasteiger partial charge is 0.198 e. The van der Waals surface area contributed by atoms with Gasteiger partial charge < -0.3 is 0 Å². The van der Waals surface area contributed by atoms with Crippen molar-refractivity contribution in [3.8, 4) is 12.1 Å². The molecule has 0 aliphatic heterocycles. The maximum absolute atomic E-state index is 8.79. The van der Waals surface area contributed by atoms with Gasteiger partial charge in [-0.05, 0) is 31.1 Å². The molecule has 2 heteroatoms. The molecule has 0 amide bonds. The summed E-state index contributed by atoms with van der Waals surface area (Å²) in [7, 11) is 0. The quantitative estimate of drug-likeness (QED) is 0.522. The molecule has 0 unspecified atom stereocenters. The van der Waals surface area contributed by atoms with Crippen LogP contribution >= 0.6 is 0 Å². The Hall–Kier alpha value is -1.02. The van der Waals surface area contributed by atoms with Crippen LogP contribution < -0.4 is 0 Å². The van der Waals surface area contributed by atoms with Gasteiger partial charge in [-0.15, -0.1) is 0 Å². The average molecular weight is 146 g/mol. The summed E-state index contributed by atoms with van der Waals surface area (Å²) in [6.45, 7) is 0. The van der Waals surface area contributed by atoms with E-state index in [1.807, 2.05) is 0 Å². The lowest BCUT2D eigenvalue weighted by Gasteiger charge is -2.19. The monoisotopic (exact) mass is 146 g/mol. The third-order valence-corrected chi connectivity index (χ3v) is 3.21. The van der Waals surface area contributed by atoms with Crippen LogP contribution in [0.4, 0.5) is 0 Å². The van der Waals surface area contributed by atoms with Gasteiger partial charge in [0.2, 0.25) is 0 Å². The summed E-state index contributed by atoms with van der Waals surface area (Å²) >= 11 is 0. The Balaban J connectivity index is 2.24. The summed E-state index contributed by atoms with van der Waals surface area (Å²) in [5.41, 5.74) is 0. The van der Waals surface area contributed by atoms with Crippen molar-refractivity contribution in [1.82, 2.24) is 0 Å². The first-order chi connectivity index (χ1) is 5.36.